The third-order valence-electron chi connectivity index (χ3n) is 4.05. The first-order valence-corrected chi connectivity index (χ1v) is 10.9. The number of nitrogens with zero attached hydrogens (tertiary/aromatic N) is 1. The number of rotatable bonds is 14. The van der Waals surface area contributed by atoms with Crippen LogP contribution in [0.25, 0.3) is 0 Å². The standard InChI is InChI=1S/C16H33Br.C5H5N/c1-2-3-4-5-6-7-8-9-10-11-12-13-14-15-16-17;1-2-4-6-5-3-1/h2-16H2,1H3;1-5H. The molecule has 0 amide bonds. The lowest BCUT2D eigenvalue weighted by molar-refractivity contribution is 0.538. The molecule has 0 aliphatic carbocycles. The van der Waals surface area contributed by atoms with Crippen molar-refractivity contribution in [3.05, 3.63) is 30.6 Å². The zero-order valence-corrected chi connectivity index (χ0v) is 16.9. The highest BCUT2D eigenvalue weighted by atomic mass is 79.9. The van der Waals surface area contributed by atoms with E-state index in [9.17, 15) is 0 Å². The van der Waals surface area contributed by atoms with Gasteiger partial charge in [0.1, 0.15) is 0 Å². The Morgan fingerprint density at radius 2 is 0.957 bits per heavy atom. The van der Waals surface area contributed by atoms with Crippen LogP contribution >= 0.6 is 15.9 Å². The lowest BCUT2D eigenvalue weighted by Crippen LogP contribution is -1.83. The molecule has 0 aliphatic rings. The van der Waals surface area contributed by atoms with Gasteiger partial charge in [0.05, 0.1) is 0 Å². The van der Waals surface area contributed by atoms with Gasteiger partial charge in [-0.05, 0) is 18.6 Å². The van der Waals surface area contributed by atoms with Crippen molar-refractivity contribution in [3.8, 4) is 0 Å². The largest absolute Gasteiger partial charge is 0.265 e. The van der Waals surface area contributed by atoms with Crippen LogP contribution in [-0.2, 0) is 0 Å². The third-order valence-corrected chi connectivity index (χ3v) is 4.61. The maximum absolute atomic E-state index is 3.78. The maximum Gasteiger partial charge on any atom is 0.0267 e. The predicted molar refractivity (Wildman–Crippen MR) is 108 cm³/mol. The van der Waals surface area contributed by atoms with Crippen LogP contribution in [-0.4, -0.2) is 10.3 Å². The molecular formula is C21H38BrN. The van der Waals surface area contributed by atoms with E-state index in [1.54, 1.807) is 12.4 Å². The quantitative estimate of drug-likeness (QED) is 0.234. The summed E-state index contributed by atoms with van der Waals surface area (Å²) < 4.78 is 0. The van der Waals surface area contributed by atoms with Gasteiger partial charge in [0.25, 0.3) is 0 Å². The van der Waals surface area contributed by atoms with E-state index in [1.165, 1.54) is 95.2 Å². The summed E-state index contributed by atoms with van der Waals surface area (Å²) in [6.45, 7) is 2.29. The van der Waals surface area contributed by atoms with Gasteiger partial charge in [-0.15, -0.1) is 0 Å². The van der Waals surface area contributed by atoms with Gasteiger partial charge in [-0.25, -0.2) is 0 Å². The monoisotopic (exact) mass is 383 g/mol. The average molecular weight is 384 g/mol. The van der Waals surface area contributed by atoms with Crippen LogP contribution in [0.1, 0.15) is 96.8 Å². The molecule has 0 bridgehead atoms. The van der Waals surface area contributed by atoms with Crippen LogP contribution in [0.4, 0.5) is 0 Å². The van der Waals surface area contributed by atoms with Crippen molar-refractivity contribution in [3.63, 3.8) is 0 Å². The summed E-state index contributed by atoms with van der Waals surface area (Å²) >= 11 is 3.48. The van der Waals surface area contributed by atoms with Crippen LogP contribution in [0.3, 0.4) is 0 Å². The van der Waals surface area contributed by atoms with Crippen molar-refractivity contribution in [2.45, 2.75) is 96.8 Å². The van der Waals surface area contributed by atoms with Gasteiger partial charge in [0.15, 0.2) is 0 Å². The number of unbranched alkanes of at least 4 members (excludes halogenated alkanes) is 13. The fourth-order valence-corrected chi connectivity index (χ4v) is 3.00. The highest BCUT2D eigenvalue weighted by Gasteiger charge is 1.93. The minimum Gasteiger partial charge on any atom is -0.265 e. The van der Waals surface area contributed by atoms with Crippen LogP contribution in [0.5, 0.6) is 0 Å². The van der Waals surface area contributed by atoms with E-state index >= 15 is 0 Å². The van der Waals surface area contributed by atoms with E-state index in [1.807, 2.05) is 18.2 Å². The first-order chi connectivity index (χ1) is 11.4. The van der Waals surface area contributed by atoms with E-state index in [4.69, 9.17) is 0 Å². The molecule has 0 spiro atoms. The van der Waals surface area contributed by atoms with Crippen molar-refractivity contribution in [2.75, 3.05) is 5.33 Å². The number of hydrogen-bond donors (Lipinski definition) is 0. The van der Waals surface area contributed by atoms with Gasteiger partial charge in [0.2, 0.25) is 0 Å². The van der Waals surface area contributed by atoms with Crippen LogP contribution < -0.4 is 0 Å². The SMILES string of the molecule is CCCCCCCCCCCCCCCCBr.c1ccncc1. The second-order valence-electron chi connectivity index (χ2n) is 6.31. The molecule has 1 aromatic rings. The van der Waals surface area contributed by atoms with Crippen molar-refractivity contribution in [1.82, 2.24) is 4.98 Å². The Hall–Kier alpha value is -0.370. The molecule has 0 N–H and O–H groups in total. The molecule has 0 unspecified atom stereocenters. The van der Waals surface area contributed by atoms with Crippen molar-refractivity contribution < 1.29 is 0 Å². The third kappa shape index (κ3) is 21.6. The Bertz CT molecular complexity index is 248. The number of halogens is 1. The molecule has 0 saturated heterocycles. The zero-order valence-electron chi connectivity index (χ0n) is 15.3. The average Bonchev–Trinajstić information content (AvgIpc) is 2.61. The van der Waals surface area contributed by atoms with Gasteiger partial charge in [0, 0.05) is 17.7 Å². The molecule has 23 heavy (non-hydrogen) atoms. The summed E-state index contributed by atoms with van der Waals surface area (Å²) in [5, 5.41) is 1.19. The van der Waals surface area contributed by atoms with E-state index in [0.717, 1.165) is 0 Å². The minimum atomic E-state index is 1.19. The maximum atomic E-state index is 3.78. The molecule has 2 heteroatoms. The molecular weight excluding hydrogens is 346 g/mol. The summed E-state index contributed by atoms with van der Waals surface area (Å²) in [5.74, 6) is 0. The van der Waals surface area contributed by atoms with Crippen molar-refractivity contribution in [1.29, 1.82) is 0 Å². The van der Waals surface area contributed by atoms with E-state index in [2.05, 4.69) is 27.8 Å². The van der Waals surface area contributed by atoms with E-state index < -0.39 is 0 Å². The Labute approximate surface area is 153 Å². The number of alkyl halides is 1. The van der Waals surface area contributed by atoms with Gasteiger partial charge < -0.3 is 0 Å². The molecule has 0 saturated carbocycles. The fraction of sp³-hybridized carbons (Fsp3) is 0.762. The molecule has 0 aliphatic heterocycles. The molecule has 0 atom stereocenters. The normalized spacial score (nSPS) is 10.2. The van der Waals surface area contributed by atoms with Gasteiger partial charge in [-0.2, -0.15) is 0 Å². The van der Waals surface area contributed by atoms with E-state index in [0.29, 0.717) is 0 Å². The molecule has 1 nitrogen and oxygen atoms in total. The predicted octanol–water partition coefficient (Wildman–Crippen LogP) is 7.94. The summed E-state index contributed by atoms with van der Waals surface area (Å²) in [6, 6.07) is 5.72. The number of aromatic nitrogens is 1. The lowest BCUT2D eigenvalue weighted by atomic mass is 10.0. The molecule has 0 radical (unpaired) electrons. The Morgan fingerprint density at radius 1 is 0.565 bits per heavy atom. The lowest BCUT2D eigenvalue weighted by Gasteiger charge is -2.02. The molecule has 1 rings (SSSR count). The molecule has 0 aromatic carbocycles. The molecule has 134 valence electrons. The summed E-state index contributed by atoms with van der Waals surface area (Å²) in [4.78, 5) is 3.78. The highest BCUT2D eigenvalue weighted by Crippen LogP contribution is 2.12. The number of pyridine rings is 1. The van der Waals surface area contributed by atoms with Crippen LogP contribution in [0.15, 0.2) is 30.6 Å². The molecule has 0 fully saturated rings. The fourth-order valence-electron chi connectivity index (χ4n) is 2.60. The van der Waals surface area contributed by atoms with Crippen LogP contribution in [0.2, 0.25) is 0 Å². The smallest absolute Gasteiger partial charge is 0.0267 e. The van der Waals surface area contributed by atoms with Gasteiger partial charge >= 0.3 is 0 Å². The Morgan fingerprint density at radius 3 is 1.22 bits per heavy atom. The first-order valence-electron chi connectivity index (χ1n) is 9.82. The zero-order chi connectivity index (χ0) is 16.8. The molecule has 1 aromatic heterocycles. The minimum absolute atomic E-state index is 1.19. The van der Waals surface area contributed by atoms with Crippen molar-refractivity contribution in [2.24, 2.45) is 0 Å². The second kappa shape index (κ2) is 21.6. The summed E-state index contributed by atoms with van der Waals surface area (Å²) in [7, 11) is 0. The highest BCUT2D eigenvalue weighted by molar-refractivity contribution is 9.09. The molecule has 1 heterocycles. The topological polar surface area (TPSA) is 12.9 Å². The second-order valence-corrected chi connectivity index (χ2v) is 7.10. The van der Waals surface area contributed by atoms with E-state index in [-0.39, 0.29) is 0 Å². The van der Waals surface area contributed by atoms with Gasteiger partial charge in [-0.3, -0.25) is 4.98 Å². The van der Waals surface area contributed by atoms with Crippen LogP contribution in [0, 0.1) is 0 Å². The first kappa shape index (κ1) is 22.6. The van der Waals surface area contributed by atoms with Crippen molar-refractivity contribution >= 4 is 15.9 Å². The Balaban J connectivity index is 0.000000664. The van der Waals surface area contributed by atoms with Gasteiger partial charge in [-0.1, -0.05) is 112 Å². The number of hydrogen-bond acceptors (Lipinski definition) is 1. The Kier molecular flexibility index (Phi) is 21.3. The summed E-state index contributed by atoms with van der Waals surface area (Å²) in [6.07, 6.45) is 23.8. The summed E-state index contributed by atoms with van der Waals surface area (Å²) in [5.41, 5.74) is 0.